The van der Waals surface area contributed by atoms with Gasteiger partial charge in [0.1, 0.15) is 0 Å². The fourth-order valence-corrected chi connectivity index (χ4v) is 0.832. The van der Waals surface area contributed by atoms with Gasteiger partial charge in [0.15, 0.2) is 0 Å². The van der Waals surface area contributed by atoms with Gasteiger partial charge in [-0.1, -0.05) is 0 Å². The van der Waals surface area contributed by atoms with E-state index in [1.165, 1.54) is 0 Å². The lowest BCUT2D eigenvalue weighted by Crippen LogP contribution is -2.38. The van der Waals surface area contributed by atoms with Crippen molar-refractivity contribution < 1.29 is 31.9 Å². The van der Waals surface area contributed by atoms with E-state index in [9.17, 15) is 22.0 Å². The number of carbonyl (C=O) groups is 1. The molecule has 0 amide bonds. The van der Waals surface area contributed by atoms with Gasteiger partial charge in [0.05, 0.1) is 6.54 Å². The maximum absolute atomic E-state index is 12.1. The van der Waals surface area contributed by atoms with Crippen molar-refractivity contribution >= 4 is 5.97 Å². The summed E-state index contributed by atoms with van der Waals surface area (Å²) in [6.45, 7) is 0.614. The Kier molecular flexibility index (Phi) is 4.92. The molecule has 0 unspecified atom stereocenters. The summed E-state index contributed by atoms with van der Waals surface area (Å²) in [6, 6.07) is 0. The minimum absolute atomic E-state index is 0.0556. The van der Waals surface area contributed by atoms with E-state index in [-0.39, 0.29) is 13.0 Å². The van der Waals surface area contributed by atoms with Crippen molar-refractivity contribution in [1.82, 2.24) is 5.32 Å². The van der Waals surface area contributed by atoms with Crippen LogP contribution in [0.15, 0.2) is 0 Å². The van der Waals surface area contributed by atoms with E-state index in [4.69, 9.17) is 9.90 Å². The van der Waals surface area contributed by atoms with Crippen molar-refractivity contribution in [2.45, 2.75) is 24.9 Å². The molecule has 1 heterocycles. The van der Waals surface area contributed by atoms with Crippen LogP contribution in [0.5, 0.6) is 0 Å². The second kappa shape index (κ2) is 5.24. The van der Waals surface area contributed by atoms with Gasteiger partial charge in [-0.25, -0.2) is 13.6 Å². The summed E-state index contributed by atoms with van der Waals surface area (Å²) in [7, 11) is 0. The van der Waals surface area contributed by atoms with Crippen LogP contribution in [0.3, 0.4) is 0 Å². The second-order valence-corrected chi connectivity index (χ2v) is 2.94. The van der Waals surface area contributed by atoms with Gasteiger partial charge in [0.25, 0.3) is 5.92 Å². The van der Waals surface area contributed by atoms with Crippen molar-refractivity contribution in [1.29, 1.82) is 0 Å². The minimum Gasteiger partial charge on any atom is -0.475 e. The number of carboxylic acids is 1. The zero-order valence-corrected chi connectivity index (χ0v) is 7.57. The van der Waals surface area contributed by atoms with E-state index in [0.717, 1.165) is 6.54 Å². The second-order valence-electron chi connectivity index (χ2n) is 2.94. The Balaban J connectivity index is 0.000000265. The molecule has 0 saturated carbocycles. The number of rotatable bonds is 0. The maximum atomic E-state index is 12.1. The molecule has 8 heteroatoms. The largest absolute Gasteiger partial charge is 0.490 e. The van der Waals surface area contributed by atoms with Crippen LogP contribution in [-0.2, 0) is 4.79 Å². The monoisotopic (exact) mass is 235 g/mol. The highest BCUT2D eigenvalue weighted by atomic mass is 19.4. The lowest BCUT2D eigenvalue weighted by atomic mass is 10.1. The molecule has 0 aromatic carbocycles. The summed E-state index contributed by atoms with van der Waals surface area (Å²) in [4.78, 5) is 8.90. The van der Waals surface area contributed by atoms with Gasteiger partial charge in [-0.15, -0.1) is 0 Å². The van der Waals surface area contributed by atoms with Crippen LogP contribution in [0.1, 0.15) is 12.8 Å². The Bertz CT molecular complexity index is 208. The first kappa shape index (κ1) is 14.1. The molecular formula is C7H10F5NO2. The number of alkyl halides is 5. The van der Waals surface area contributed by atoms with Crippen molar-refractivity contribution in [2.75, 3.05) is 13.1 Å². The Morgan fingerprint density at radius 1 is 1.33 bits per heavy atom. The molecule has 1 saturated heterocycles. The third-order valence-electron chi connectivity index (χ3n) is 1.52. The summed E-state index contributed by atoms with van der Waals surface area (Å²) in [5.41, 5.74) is 0. The van der Waals surface area contributed by atoms with Crippen LogP contribution < -0.4 is 5.32 Å². The summed E-state index contributed by atoms with van der Waals surface area (Å²) in [6.07, 6.45) is -4.42. The molecule has 0 atom stereocenters. The lowest BCUT2D eigenvalue weighted by Gasteiger charge is -2.21. The topological polar surface area (TPSA) is 49.3 Å². The van der Waals surface area contributed by atoms with E-state index in [1.807, 2.05) is 0 Å². The Morgan fingerprint density at radius 3 is 1.93 bits per heavy atom. The summed E-state index contributed by atoms with van der Waals surface area (Å²) < 4.78 is 56.0. The van der Waals surface area contributed by atoms with Crippen LogP contribution in [0, 0.1) is 0 Å². The molecule has 15 heavy (non-hydrogen) atoms. The van der Waals surface area contributed by atoms with Crippen LogP contribution in [0.2, 0.25) is 0 Å². The molecule has 0 spiro atoms. The summed E-state index contributed by atoms with van der Waals surface area (Å²) >= 11 is 0. The zero-order chi connectivity index (χ0) is 12.1. The Labute approximate surface area is 82.3 Å². The first-order chi connectivity index (χ1) is 6.65. The van der Waals surface area contributed by atoms with Crippen molar-refractivity contribution in [2.24, 2.45) is 0 Å². The SMILES string of the molecule is FC1(F)CCCNC1.O=C(O)C(F)(F)F. The van der Waals surface area contributed by atoms with Crippen molar-refractivity contribution in [3.05, 3.63) is 0 Å². The third-order valence-corrected chi connectivity index (χ3v) is 1.52. The van der Waals surface area contributed by atoms with Gasteiger partial charge in [0, 0.05) is 6.42 Å². The molecule has 1 fully saturated rings. The minimum atomic E-state index is -5.08. The molecule has 2 N–H and O–H groups in total. The molecule has 1 aliphatic heterocycles. The van der Waals surface area contributed by atoms with Gasteiger partial charge >= 0.3 is 12.1 Å². The zero-order valence-electron chi connectivity index (χ0n) is 7.57. The van der Waals surface area contributed by atoms with Gasteiger partial charge < -0.3 is 10.4 Å². The standard InChI is InChI=1S/C5H9F2N.C2HF3O2/c6-5(7)2-1-3-8-4-5;3-2(4,5)1(6)7/h8H,1-4H2;(H,6,7). The summed E-state index contributed by atoms with van der Waals surface area (Å²) in [5, 5.41) is 9.75. The Morgan fingerprint density at radius 2 is 1.80 bits per heavy atom. The molecule has 0 aliphatic carbocycles. The first-order valence-corrected chi connectivity index (χ1v) is 4.04. The average Bonchev–Trinajstić information content (AvgIpc) is 2.02. The number of hydrogen-bond acceptors (Lipinski definition) is 2. The third kappa shape index (κ3) is 7.06. The van der Waals surface area contributed by atoms with Crippen LogP contribution in [-0.4, -0.2) is 36.3 Å². The predicted octanol–water partition coefficient (Wildman–Crippen LogP) is 1.64. The van der Waals surface area contributed by atoms with Crippen molar-refractivity contribution in [3.63, 3.8) is 0 Å². The fraction of sp³-hybridized carbons (Fsp3) is 0.857. The van der Waals surface area contributed by atoms with Crippen LogP contribution in [0.4, 0.5) is 22.0 Å². The number of aliphatic carboxylic acids is 1. The fourth-order valence-electron chi connectivity index (χ4n) is 0.832. The number of carboxylic acid groups (broad SMARTS) is 1. The smallest absolute Gasteiger partial charge is 0.475 e. The molecule has 1 aliphatic rings. The molecule has 0 radical (unpaired) electrons. The van der Waals surface area contributed by atoms with Gasteiger partial charge in [-0.3, -0.25) is 0 Å². The number of nitrogens with one attached hydrogen (secondary N) is 1. The van der Waals surface area contributed by atoms with E-state index in [1.54, 1.807) is 0 Å². The molecule has 90 valence electrons. The average molecular weight is 235 g/mol. The number of halogens is 5. The number of piperidine rings is 1. The van der Waals surface area contributed by atoms with E-state index in [2.05, 4.69) is 5.32 Å². The molecule has 0 aromatic rings. The van der Waals surface area contributed by atoms with E-state index >= 15 is 0 Å². The Hall–Kier alpha value is -0.920. The number of hydrogen-bond donors (Lipinski definition) is 2. The lowest BCUT2D eigenvalue weighted by molar-refractivity contribution is -0.192. The summed E-state index contributed by atoms with van der Waals surface area (Å²) in [5.74, 6) is -5.19. The quantitative estimate of drug-likeness (QED) is 0.627. The molecule has 0 aromatic heterocycles. The van der Waals surface area contributed by atoms with E-state index < -0.39 is 18.1 Å². The molecular weight excluding hydrogens is 225 g/mol. The van der Waals surface area contributed by atoms with Crippen LogP contribution >= 0.6 is 0 Å². The predicted molar refractivity (Wildman–Crippen MR) is 40.7 cm³/mol. The molecule has 0 bridgehead atoms. The highest BCUT2D eigenvalue weighted by Gasteiger charge is 2.38. The van der Waals surface area contributed by atoms with Gasteiger partial charge in [-0.05, 0) is 13.0 Å². The van der Waals surface area contributed by atoms with Crippen molar-refractivity contribution in [3.8, 4) is 0 Å². The molecule has 1 rings (SSSR count). The van der Waals surface area contributed by atoms with Crippen LogP contribution in [0.25, 0.3) is 0 Å². The first-order valence-electron chi connectivity index (χ1n) is 4.04. The van der Waals surface area contributed by atoms with Gasteiger partial charge in [0.2, 0.25) is 0 Å². The van der Waals surface area contributed by atoms with E-state index in [0.29, 0.717) is 6.42 Å². The normalized spacial score (nSPS) is 20.1. The highest BCUT2D eigenvalue weighted by Crippen LogP contribution is 2.21. The highest BCUT2D eigenvalue weighted by molar-refractivity contribution is 5.73. The maximum Gasteiger partial charge on any atom is 0.490 e. The molecule has 3 nitrogen and oxygen atoms in total. The van der Waals surface area contributed by atoms with Gasteiger partial charge in [-0.2, -0.15) is 13.2 Å².